The summed E-state index contributed by atoms with van der Waals surface area (Å²) in [4.78, 5) is 11.9. The van der Waals surface area contributed by atoms with Crippen molar-refractivity contribution < 1.29 is 19.0 Å². The Bertz CT molecular complexity index is 439. The van der Waals surface area contributed by atoms with Crippen LogP contribution in [0.4, 0.5) is 0 Å². The molecule has 0 amide bonds. The average molecular weight is 265 g/mol. The van der Waals surface area contributed by atoms with Crippen molar-refractivity contribution in [3.05, 3.63) is 29.8 Å². The standard InChI is InChI=1S/C14H19NO4/c1-3-19-11-6-4-10(5-7-11)12(15)14(8-18-9-14)13(16)17-2/h4-7,12H,3,8-9,15H2,1-2H3. The lowest BCUT2D eigenvalue weighted by Crippen LogP contribution is -2.56. The lowest BCUT2D eigenvalue weighted by Gasteiger charge is -2.42. The van der Waals surface area contributed by atoms with E-state index in [1.54, 1.807) is 0 Å². The Hall–Kier alpha value is -1.59. The number of rotatable bonds is 5. The molecule has 1 saturated heterocycles. The first-order valence-corrected chi connectivity index (χ1v) is 6.28. The fourth-order valence-corrected chi connectivity index (χ4v) is 2.21. The van der Waals surface area contributed by atoms with Crippen LogP contribution in [0.2, 0.25) is 0 Å². The zero-order chi connectivity index (χ0) is 13.9. The van der Waals surface area contributed by atoms with E-state index in [1.165, 1.54) is 7.11 Å². The third-order valence-electron chi connectivity index (χ3n) is 3.46. The van der Waals surface area contributed by atoms with E-state index in [2.05, 4.69) is 0 Å². The van der Waals surface area contributed by atoms with Gasteiger partial charge in [0.15, 0.2) is 0 Å². The minimum Gasteiger partial charge on any atom is -0.494 e. The lowest BCUT2D eigenvalue weighted by atomic mass is 9.75. The minimum absolute atomic E-state index is 0.300. The first kappa shape index (κ1) is 13.8. The second kappa shape index (κ2) is 5.59. The Balaban J connectivity index is 2.18. The summed E-state index contributed by atoms with van der Waals surface area (Å²) in [6, 6.07) is 7.01. The number of ether oxygens (including phenoxy) is 3. The van der Waals surface area contributed by atoms with Gasteiger partial charge in [-0.25, -0.2) is 0 Å². The number of carbonyl (C=O) groups excluding carboxylic acids is 1. The second-order valence-electron chi connectivity index (χ2n) is 4.62. The van der Waals surface area contributed by atoms with Crippen LogP contribution >= 0.6 is 0 Å². The van der Waals surface area contributed by atoms with Gasteiger partial charge < -0.3 is 19.9 Å². The van der Waals surface area contributed by atoms with Gasteiger partial charge in [-0.15, -0.1) is 0 Å². The number of hydrogen-bond acceptors (Lipinski definition) is 5. The van der Waals surface area contributed by atoms with Gasteiger partial charge in [0.1, 0.15) is 11.2 Å². The second-order valence-corrected chi connectivity index (χ2v) is 4.62. The Kier molecular flexibility index (Phi) is 4.07. The molecule has 1 atom stereocenters. The van der Waals surface area contributed by atoms with Crippen LogP contribution in [0.25, 0.3) is 0 Å². The summed E-state index contributed by atoms with van der Waals surface area (Å²) in [5.41, 5.74) is 6.32. The molecule has 5 nitrogen and oxygen atoms in total. The van der Waals surface area contributed by atoms with E-state index >= 15 is 0 Å². The molecule has 1 aromatic carbocycles. The topological polar surface area (TPSA) is 70.8 Å². The molecule has 0 aliphatic carbocycles. The first-order chi connectivity index (χ1) is 9.14. The molecule has 19 heavy (non-hydrogen) atoms. The van der Waals surface area contributed by atoms with Crippen LogP contribution < -0.4 is 10.5 Å². The summed E-state index contributed by atoms with van der Waals surface area (Å²) < 4.78 is 15.4. The van der Waals surface area contributed by atoms with Gasteiger partial charge in [0.2, 0.25) is 0 Å². The van der Waals surface area contributed by atoms with Crippen LogP contribution in [-0.4, -0.2) is 32.9 Å². The molecule has 0 radical (unpaired) electrons. The highest BCUT2D eigenvalue weighted by Gasteiger charge is 2.52. The quantitative estimate of drug-likeness (QED) is 0.812. The van der Waals surface area contributed by atoms with Crippen molar-refractivity contribution >= 4 is 5.97 Å². The van der Waals surface area contributed by atoms with Crippen LogP contribution in [0.15, 0.2) is 24.3 Å². The van der Waals surface area contributed by atoms with Crippen LogP contribution in [0.1, 0.15) is 18.5 Å². The van der Waals surface area contributed by atoms with E-state index in [-0.39, 0.29) is 5.97 Å². The van der Waals surface area contributed by atoms with E-state index in [0.29, 0.717) is 19.8 Å². The lowest BCUT2D eigenvalue weighted by molar-refractivity contribution is -0.188. The van der Waals surface area contributed by atoms with E-state index in [0.717, 1.165) is 11.3 Å². The normalized spacial score (nSPS) is 18.3. The third kappa shape index (κ3) is 2.43. The predicted molar refractivity (Wildman–Crippen MR) is 69.8 cm³/mol. The molecular formula is C14H19NO4. The van der Waals surface area contributed by atoms with Crippen molar-refractivity contribution in [2.24, 2.45) is 11.1 Å². The molecule has 0 spiro atoms. The van der Waals surface area contributed by atoms with Gasteiger partial charge in [-0.3, -0.25) is 4.79 Å². The Morgan fingerprint density at radius 2 is 2.05 bits per heavy atom. The van der Waals surface area contributed by atoms with Gasteiger partial charge in [-0.05, 0) is 24.6 Å². The van der Waals surface area contributed by atoms with Crippen molar-refractivity contribution in [2.45, 2.75) is 13.0 Å². The van der Waals surface area contributed by atoms with Crippen molar-refractivity contribution in [2.75, 3.05) is 26.9 Å². The number of esters is 1. The monoisotopic (exact) mass is 265 g/mol. The molecule has 5 heteroatoms. The zero-order valence-corrected chi connectivity index (χ0v) is 11.2. The highest BCUT2D eigenvalue weighted by molar-refractivity contribution is 5.79. The van der Waals surface area contributed by atoms with Gasteiger partial charge in [0, 0.05) is 0 Å². The Morgan fingerprint density at radius 1 is 1.42 bits per heavy atom. The molecule has 2 rings (SSSR count). The number of hydrogen-bond donors (Lipinski definition) is 1. The number of benzene rings is 1. The highest BCUT2D eigenvalue weighted by atomic mass is 16.5. The third-order valence-corrected chi connectivity index (χ3v) is 3.46. The fraction of sp³-hybridized carbons (Fsp3) is 0.500. The summed E-state index contributed by atoms with van der Waals surface area (Å²) in [6.07, 6.45) is 0. The molecule has 2 N–H and O–H groups in total. The summed E-state index contributed by atoms with van der Waals surface area (Å²) in [5.74, 6) is 0.468. The zero-order valence-electron chi connectivity index (χ0n) is 11.2. The maximum absolute atomic E-state index is 11.9. The Morgan fingerprint density at radius 3 is 2.47 bits per heavy atom. The highest BCUT2D eigenvalue weighted by Crippen LogP contribution is 2.40. The first-order valence-electron chi connectivity index (χ1n) is 6.28. The molecule has 1 heterocycles. The van der Waals surface area contributed by atoms with Crippen molar-refractivity contribution in [1.82, 2.24) is 0 Å². The van der Waals surface area contributed by atoms with E-state index in [4.69, 9.17) is 19.9 Å². The SMILES string of the molecule is CCOc1ccc(C(N)C2(C(=O)OC)COC2)cc1. The van der Waals surface area contributed by atoms with Crippen molar-refractivity contribution in [1.29, 1.82) is 0 Å². The molecule has 0 bridgehead atoms. The molecule has 1 fully saturated rings. The molecule has 1 unspecified atom stereocenters. The van der Waals surface area contributed by atoms with Crippen LogP contribution in [-0.2, 0) is 14.3 Å². The van der Waals surface area contributed by atoms with E-state index in [9.17, 15) is 4.79 Å². The van der Waals surface area contributed by atoms with Crippen LogP contribution in [0.5, 0.6) is 5.75 Å². The molecule has 0 aromatic heterocycles. The van der Waals surface area contributed by atoms with Crippen molar-refractivity contribution in [3.8, 4) is 5.75 Å². The molecule has 1 aliphatic heterocycles. The van der Waals surface area contributed by atoms with E-state index < -0.39 is 11.5 Å². The van der Waals surface area contributed by atoms with Gasteiger partial charge in [-0.1, -0.05) is 12.1 Å². The smallest absolute Gasteiger partial charge is 0.318 e. The molecule has 0 saturated carbocycles. The number of nitrogens with two attached hydrogens (primary N) is 1. The maximum atomic E-state index is 11.9. The average Bonchev–Trinajstić information content (AvgIpc) is 2.38. The summed E-state index contributed by atoms with van der Waals surface area (Å²) in [5, 5.41) is 0. The van der Waals surface area contributed by atoms with Crippen molar-refractivity contribution in [3.63, 3.8) is 0 Å². The van der Waals surface area contributed by atoms with Gasteiger partial charge in [0.05, 0.1) is 33.0 Å². The molecule has 1 aromatic rings. The predicted octanol–water partition coefficient (Wildman–Crippen LogP) is 1.27. The summed E-state index contributed by atoms with van der Waals surface area (Å²) in [7, 11) is 1.37. The molecule has 104 valence electrons. The maximum Gasteiger partial charge on any atom is 0.318 e. The van der Waals surface area contributed by atoms with Crippen LogP contribution in [0.3, 0.4) is 0 Å². The largest absolute Gasteiger partial charge is 0.494 e. The number of methoxy groups -OCH3 is 1. The Labute approximate surface area is 112 Å². The molecular weight excluding hydrogens is 246 g/mol. The van der Waals surface area contributed by atoms with Gasteiger partial charge >= 0.3 is 5.97 Å². The van der Waals surface area contributed by atoms with E-state index in [1.807, 2.05) is 31.2 Å². The van der Waals surface area contributed by atoms with Crippen LogP contribution in [0, 0.1) is 5.41 Å². The summed E-state index contributed by atoms with van der Waals surface area (Å²) >= 11 is 0. The summed E-state index contributed by atoms with van der Waals surface area (Å²) in [6.45, 7) is 3.14. The fourth-order valence-electron chi connectivity index (χ4n) is 2.21. The molecule has 1 aliphatic rings. The van der Waals surface area contributed by atoms with Gasteiger partial charge in [0.25, 0.3) is 0 Å². The van der Waals surface area contributed by atoms with Gasteiger partial charge in [-0.2, -0.15) is 0 Å². The number of carbonyl (C=O) groups is 1. The minimum atomic E-state index is -0.762.